The van der Waals surface area contributed by atoms with Crippen LogP contribution in [0.15, 0.2) is 47.0 Å². The quantitative estimate of drug-likeness (QED) is 0.438. The largest absolute Gasteiger partial charge is 0.379 e. The third-order valence-corrected chi connectivity index (χ3v) is 8.83. The molecule has 9 heteroatoms. The van der Waals surface area contributed by atoms with Gasteiger partial charge in [-0.1, -0.05) is 49.2 Å². The Balaban J connectivity index is 1.49. The molecule has 1 saturated carbocycles. The lowest BCUT2D eigenvalue weighted by molar-refractivity contribution is 0.0730. The Hall–Kier alpha value is -1.68. The average Bonchev–Trinajstić information content (AvgIpc) is 3.22. The van der Waals surface area contributed by atoms with Gasteiger partial charge >= 0.3 is 0 Å². The van der Waals surface area contributed by atoms with Gasteiger partial charge in [0.1, 0.15) is 5.82 Å². The second-order valence-corrected chi connectivity index (χ2v) is 10.9. The number of nitrogens with zero attached hydrogens (tertiary/aromatic N) is 4. The average molecular weight is 463 g/mol. The molecule has 4 rings (SSSR count). The van der Waals surface area contributed by atoms with Crippen molar-refractivity contribution in [1.82, 2.24) is 19.1 Å². The number of rotatable bonds is 8. The zero-order valence-electron chi connectivity index (χ0n) is 17.8. The molecule has 7 nitrogen and oxygen atoms in total. The summed E-state index contributed by atoms with van der Waals surface area (Å²) in [4.78, 5) is 0.336. The minimum absolute atomic E-state index is 0.336. The SMILES string of the molecule is C=CCn1c(SCc2cccc(S(=O)(=O)N3CCOCC3)c2)nnc1C1CCCCC1. The topological polar surface area (TPSA) is 77.3 Å². The summed E-state index contributed by atoms with van der Waals surface area (Å²) in [5.74, 6) is 2.16. The molecule has 0 spiro atoms. The molecule has 1 aromatic carbocycles. The Bertz CT molecular complexity index is 994. The third-order valence-electron chi connectivity index (χ3n) is 5.90. The van der Waals surface area contributed by atoms with Crippen LogP contribution in [0.4, 0.5) is 0 Å². The first kappa shape index (κ1) is 22.5. The maximum Gasteiger partial charge on any atom is 0.243 e. The minimum Gasteiger partial charge on any atom is -0.379 e. The van der Waals surface area contributed by atoms with Gasteiger partial charge in [-0.15, -0.1) is 16.8 Å². The number of morpholine rings is 1. The molecule has 2 heterocycles. The van der Waals surface area contributed by atoms with Crippen LogP contribution in [-0.4, -0.2) is 53.8 Å². The molecule has 0 bridgehead atoms. The van der Waals surface area contributed by atoms with E-state index in [1.807, 2.05) is 18.2 Å². The van der Waals surface area contributed by atoms with E-state index in [2.05, 4.69) is 21.3 Å². The van der Waals surface area contributed by atoms with E-state index >= 15 is 0 Å². The fourth-order valence-corrected chi connectivity index (χ4v) is 6.63. The first-order chi connectivity index (χ1) is 15.1. The molecule has 0 amide bonds. The second kappa shape index (κ2) is 10.3. The van der Waals surface area contributed by atoms with Crippen molar-refractivity contribution in [1.29, 1.82) is 0 Å². The summed E-state index contributed by atoms with van der Waals surface area (Å²) in [6, 6.07) is 7.21. The smallest absolute Gasteiger partial charge is 0.243 e. The maximum absolute atomic E-state index is 13.0. The van der Waals surface area contributed by atoms with Crippen LogP contribution in [0.1, 0.15) is 49.4 Å². The Labute approximate surface area is 188 Å². The fourth-order valence-electron chi connectivity index (χ4n) is 4.25. The van der Waals surface area contributed by atoms with Gasteiger partial charge < -0.3 is 9.30 Å². The number of aromatic nitrogens is 3. The maximum atomic E-state index is 13.0. The van der Waals surface area contributed by atoms with E-state index in [4.69, 9.17) is 4.74 Å². The lowest BCUT2D eigenvalue weighted by Gasteiger charge is -2.26. The van der Waals surface area contributed by atoms with Crippen molar-refractivity contribution < 1.29 is 13.2 Å². The van der Waals surface area contributed by atoms with Crippen molar-refractivity contribution in [2.24, 2.45) is 0 Å². The fraction of sp³-hybridized carbons (Fsp3) is 0.545. The van der Waals surface area contributed by atoms with Crippen molar-refractivity contribution in [3.63, 3.8) is 0 Å². The molecular weight excluding hydrogens is 432 g/mol. The van der Waals surface area contributed by atoms with E-state index in [9.17, 15) is 8.42 Å². The van der Waals surface area contributed by atoms with Gasteiger partial charge in [-0.05, 0) is 30.5 Å². The first-order valence-electron chi connectivity index (χ1n) is 10.9. The van der Waals surface area contributed by atoms with Gasteiger partial charge in [-0.25, -0.2) is 8.42 Å². The van der Waals surface area contributed by atoms with Crippen molar-refractivity contribution in [2.45, 2.75) is 60.4 Å². The van der Waals surface area contributed by atoms with E-state index in [1.165, 1.54) is 36.4 Å². The molecule has 1 aromatic heterocycles. The highest BCUT2D eigenvalue weighted by Crippen LogP contribution is 2.34. The highest BCUT2D eigenvalue weighted by Gasteiger charge is 2.27. The minimum atomic E-state index is -3.50. The lowest BCUT2D eigenvalue weighted by atomic mass is 9.89. The van der Waals surface area contributed by atoms with E-state index in [-0.39, 0.29) is 0 Å². The predicted octanol–water partition coefficient (Wildman–Crippen LogP) is 3.83. The second-order valence-electron chi connectivity index (χ2n) is 8.03. The van der Waals surface area contributed by atoms with Crippen LogP contribution in [0.25, 0.3) is 0 Å². The van der Waals surface area contributed by atoms with Gasteiger partial charge in [-0.3, -0.25) is 0 Å². The van der Waals surface area contributed by atoms with Crippen LogP contribution < -0.4 is 0 Å². The number of ether oxygens (including phenoxy) is 1. The van der Waals surface area contributed by atoms with Gasteiger partial charge in [0.05, 0.1) is 18.1 Å². The van der Waals surface area contributed by atoms with Gasteiger partial charge in [0.15, 0.2) is 5.16 Å². The molecule has 1 aliphatic carbocycles. The lowest BCUT2D eigenvalue weighted by Crippen LogP contribution is -2.40. The Kier molecular flexibility index (Phi) is 7.47. The standard InChI is InChI=1S/C22H30N4O3S2/c1-2-11-26-21(19-8-4-3-5-9-19)23-24-22(26)30-17-18-7-6-10-20(16-18)31(27,28)25-12-14-29-15-13-25/h2,6-7,10,16,19H,1,3-5,8-9,11-15,17H2. The van der Waals surface area contributed by atoms with Crippen LogP contribution in [-0.2, 0) is 27.1 Å². The third kappa shape index (κ3) is 5.22. The van der Waals surface area contributed by atoms with Crippen molar-refractivity contribution in [3.05, 3.63) is 48.3 Å². The summed E-state index contributed by atoms with van der Waals surface area (Å²) in [7, 11) is -3.50. The molecule has 0 radical (unpaired) electrons. The normalized spacial score (nSPS) is 18.8. The van der Waals surface area contributed by atoms with E-state index < -0.39 is 10.0 Å². The summed E-state index contributed by atoms with van der Waals surface area (Å²) in [5.41, 5.74) is 0.951. The highest BCUT2D eigenvalue weighted by molar-refractivity contribution is 7.98. The number of hydrogen-bond donors (Lipinski definition) is 0. The highest BCUT2D eigenvalue weighted by atomic mass is 32.2. The number of sulfonamides is 1. The molecule has 2 fully saturated rings. The van der Waals surface area contributed by atoms with Gasteiger partial charge in [0.25, 0.3) is 0 Å². The summed E-state index contributed by atoms with van der Waals surface area (Å²) >= 11 is 1.59. The van der Waals surface area contributed by atoms with Crippen LogP contribution in [0.2, 0.25) is 0 Å². The Morgan fingerprint density at radius 3 is 2.68 bits per heavy atom. The number of thioether (sulfide) groups is 1. The molecule has 1 aliphatic heterocycles. The number of allylic oxidation sites excluding steroid dienone is 1. The van der Waals surface area contributed by atoms with E-state index in [0.717, 1.165) is 16.5 Å². The van der Waals surface area contributed by atoms with Crippen LogP contribution in [0.3, 0.4) is 0 Å². The summed E-state index contributed by atoms with van der Waals surface area (Å²) in [5, 5.41) is 9.84. The van der Waals surface area contributed by atoms with E-state index in [0.29, 0.717) is 49.4 Å². The summed E-state index contributed by atoms with van der Waals surface area (Å²) in [6.07, 6.45) is 8.02. The molecular formula is C22H30N4O3S2. The van der Waals surface area contributed by atoms with Gasteiger partial charge in [0.2, 0.25) is 10.0 Å². The zero-order chi connectivity index (χ0) is 21.7. The van der Waals surface area contributed by atoms with Crippen molar-refractivity contribution >= 4 is 21.8 Å². The molecule has 2 aromatic rings. The molecule has 0 unspecified atom stereocenters. The Morgan fingerprint density at radius 1 is 1.16 bits per heavy atom. The molecule has 0 atom stereocenters. The predicted molar refractivity (Wildman–Crippen MR) is 122 cm³/mol. The molecule has 2 aliphatic rings. The Morgan fingerprint density at radius 2 is 1.94 bits per heavy atom. The summed E-state index contributed by atoms with van der Waals surface area (Å²) < 4.78 is 34.9. The molecule has 31 heavy (non-hydrogen) atoms. The summed E-state index contributed by atoms with van der Waals surface area (Å²) in [6.45, 7) is 6.27. The monoisotopic (exact) mass is 462 g/mol. The van der Waals surface area contributed by atoms with E-state index in [1.54, 1.807) is 23.9 Å². The number of hydrogen-bond acceptors (Lipinski definition) is 6. The van der Waals surface area contributed by atoms with Crippen molar-refractivity contribution in [3.8, 4) is 0 Å². The molecule has 168 valence electrons. The van der Waals surface area contributed by atoms with Gasteiger partial charge in [-0.2, -0.15) is 4.31 Å². The van der Waals surface area contributed by atoms with Gasteiger partial charge in [0, 0.05) is 31.3 Å². The first-order valence-corrected chi connectivity index (χ1v) is 13.4. The molecule has 1 saturated heterocycles. The number of benzene rings is 1. The van der Waals surface area contributed by atoms with Crippen molar-refractivity contribution in [2.75, 3.05) is 26.3 Å². The molecule has 0 N–H and O–H groups in total. The van der Waals surface area contributed by atoms with Crippen LogP contribution >= 0.6 is 11.8 Å². The van der Waals surface area contributed by atoms with Crippen LogP contribution in [0.5, 0.6) is 0 Å². The zero-order valence-corrected chi connectivity index (χ0v) is 19.4. The van der Waals surface area contributed by atoms with Crippen LogP contribution in [0, 0.1) is 0 Å².